The SMILES string of the molecule is CCN(CC)c1ccc(C2(c3ccc(N(CC)CC)cc3Cl)OC(=O)c3cnccc32)cc1. The highest BCUT2D eigenvalue weighted by atomic mass is 35.5. The van der Waals surface area contributed by atoms with Gasteiger partial charge < -0.3 is 14.5 Å². The monoisotopic (exact) mass is 463 g/mol. The van der Waals surface area contributed by atoms with Gasteiger partial charge in [-0.1, -0.05) is 29.8 Å². The summed E-state index contributed by atoms with van der Waals surface area (Å²) in [4.78, 5) is 21.6. The fraction of sp³-hybridized carbons (Fsp3) is 0.333. The summed E-state index contributed by atoms with van der Waals surface area (Å²) in [6.45, 7) is 12.1. The van der Waals surface area contributed by atoms with Crippen LogP contribution in [-0.4, -0.2) is 37.1 Å². The van der Waals surface area contributed by atoms with Gasteiger partial charge in [0.1, 0.15) is 0 Å². The minimum absolute atomic E-state index is 0.394. The van der Waals surface area contributed by atoms with Crippen LogP contribution < -0.4 is 9.80 Å². The second kappa shape index (κ2) is 9.44. The zero-order valence-corrected chi connectivity index (χ0v) is 20.4. The molecular formula is C27H30ClN3O2. The molecule has 0 N–H and O–H groups in total. The Balaban J connectivity index is 1.91. The molecule has 3 aromatic rings. The molecule has 1 aliphatic heterocycles. The third-order valence-electron chi connectivity index (χ3n) is 6.53. The molecule has 2 heterocycles. The van der Waals surface area contributed by atoms with Crippen molar-refractivity contribution in [2.24, 2.45) is 0 Å². The van der Waals surface area contributed by atoms with Gasteiger partial charge in [-0.25, -0.2) is 4.79 Å². The van der Waals surface area contributed by atoms with Crippen LogP contribution in [0.2, 0.25) is 5.02 Å². The lowest BCUT2D eigenvalue weighted by molar-refractivity contribution is 0.0252. The maximum Gasteiger partial charge on any atom is 0.341 e. The Labute approximate surface area is 201 Å². The summed E-state index contributed by atoms with van der Waals surface area (Å²) in [5.41, 5.74) is 3.87. The van der Waals surface area contributed by atoms with Gasteiger partial charge in [-0.3, -0.25) is 4.98 Å². The smallest absolute Gasteiger partial charge is 0.341 e. The number of cyclic esters (lactones) is 1. The van der Waals surface area contributed by atoms with Gasteiger partial charge in [0.15, 0.2) is 5.60 Å². The number of pyridine rings is 1. The van der Waals surface area contributed by atoms with Gasteiger partial charge in [0.25, 0.3) is 0 Å². The predicted molar refractivity (Wildman–Crippen MR) is 135 cm³/mol. The minimum atomic E-state index is -1.13. The first-order valence-corrected chi connectivity index (χ1v) is 12.0. The predicted octanol–water partition coefficient (Wildman–Crippen LogP) is 5.89. The van der Waals surface area contributed by atoms with Crippen molar-refractivity contribution in [2.45, 2.75) is 33.3 Å². The molecule has 5 nitrogen and oxygen atoms in total. The van der Waals surface area contributed by atoms with Crippen molar-refractivity contribution in [3.05, 3.63) is 88.2 Å². The van der Waals surface area contributed by atoms with Gasteiger partial charge in [-0.2, -0.15) is 0 Å². The zero-order chi connectivity index (χ0) is 23.6. The summed E-state index contributed by atoms with van der Waals surface area (Å²) >= 11 is 6.91. The lowest BCUT2D eigenvalue weighted by atomic mass is 9.80. The number of nitrogens with zero attached hydrogens (tertiary/aromatic N) is 3. The quantitative estimate of drug-likeness (QED) is 0.390. The van der Waals surface area contributed by atoms with Crippen LogP contribution in [0.25, 0.3) is 0 Å². The number of halogens is 1. The van der Waals surface area contributed by atoms with E-state index in [1.807, 2.05) is 36.4 Å². The van der Waals surface area contributed by atoms with Crippen LogP contribution in [-0.2, 0) is 10.3 Å². The van der Waals surface area contributed by atoms with Crippen molar-refractivity contribution >= 4 is 28.9 Å². The Morgan fingerprint density at radius 1 is 0.848 bits per heavy atom. The third kappa shape index (κ3) is 3.84. The normalized spacial score (nSPS) is 16.9. The Morgan fingerprint density at radius 3 is 2.06 bits per heavy atom. The van der Waals surface area contributed by atoms with Gasteiger partial charge in [-0.05, 0) is 58.0 Å². The Bertz CT molecular complexity index is 1140. The second-order valence-corrected chi connectivity index (χ2v) is 8.45. The van der Waals surface area contributed by atoms with E-state index in [-0.39, 0.29) is 0 Å². The van der Waals surface area contributed by atoms with Gasteiger partial charge in [-0.15, -0.1) is 0 Å². The molecule has 0 spiro atoms. The van der Waals surface area contributed by atoms with Gasteiger partial charge in [0, 0.05) is 66.6 Å². The van der Waals surface area contributed by atoms with E-state index in [4.69, 9.17) is 16.3 Å². The molecule has 1 atom stereocenters. The number of esters is 1. The standard InChI is InChI=1S/C27H30ClN3O2/c1-5-30(6-2)20-11-9-19(10-12-20)27(23-15-16-29-18-22(23)26(32)33-27)24-14-13-21(17-25(24)28)31(7-3)8-4/h9-18H,5-8H2,1-4H3. The summed E-state index contributed by atoms with van der Waals surface area (Å²) in [5, 5.41) is 0.560. The molecule has 0 aliphatic carbocycles. The van der Waals surface area contributed by atoms with Crippen molar-refractivity contribution in [2.75, 3.05) is 36.0 Å². The lowest BCUT2D eigenvalue weighted by Crippen LogP contribution is -2.30. The van der Waals surface area contributed by atoms with Gasteiger partial charge >= 0.3 is 5.97 Å². The van der Waals surface area contributed by atoms with Crippen molar-refractivity contribution in [1.29, 1.82) is 0 Å². The number of hydrogen-bond acceptors (Lipinski definition) is 5. The molecule has 172 valence electrons. The number of fused-ring (bicyclic) bond motifs is 1. The molecule has 4 rings (SSSR count). The van der Waals surface area contributed by atoms with Crippen LogP contribution >= 0.6 is 11.6 Å². The van der Waals surface area contributed by atoms with E-state index in [9.17, 15) is 4.79 Å². The second-order valence-electron chi connectivity index (χ2n) is 8.05. The van der Waals surface area contributed by atoms with E-state index in [1.54, 1.807) is 12.4 Å². The summed E-state index contributed by atoms with van der Waals surface area (Å²) in [6, 6.07) is 16.1. The Hall–Kier alpha value is -3.05. The highest BCUT2D eigenvalue weighted by molar-refractivity contribution is 6.32. The van der Waals surface area contributed by atoms with Crippen LogP contribution in [0.1, 0.15) is 54.7 Å². The maximum atomic E-state index is 13.0. The molecular weight excluding hydrogens is 434 g/mol. The van der Waals surface area contributed by atoms with Crippen molar-refractivity contribution in [3.63, 3.8) is 0 Å². The fourth-order valence-corrected chi connectivity index (χ4v) is 5.06. The number of ether oxygens (including phenoxy) is 1. The average Bonchev–Trinajstić information content (AvgIpc) is 3.14. The molecule has 0 amide bonds. The summed E-state index contributed by atoms with van der Waals surface area (Å²) < 4.78 is 6.19. The van der Waals surface area contributed by atoms with E-state index in [0.29, 0.717) is 10.6 Å². The summed E-state index contributed by atoms with van der Waals surface area (Å²) in [5.74, 6) is -0.394. The molecule has 1 aromatic heterocycles. The summed E-state index contributed by atoms with van der Waals surface area (Å²) in [6.07, 6.45) is 3.26. The molecule has 2 aromatic carbocycles. The van der Waals surface area contributed by atoms with Crippen LogP contribution in [0.15, 0.2) is 60.9 Å². The number of anilines is 2. The van der Waals surface area contributed by atoms with E-state index in [2.05, 4.69) is 54.6 Å². The first-order chi connectivity index (χ1) is 16.0. The lowest BCUT2D eigenvalue weighted by Gasteiger charge is -2.32. The number of carbonyl (C=O) groups excluding carboxylic acids is 1. The third-order valence-corrected chi connectivity index (χ3v) is 6.84. The number of benzene rings is 2. The molecule has 0 radical (unpaired) electrons. The minimum Gasteiger partial charge on any atom is -0.440 e. The molecule has 1 unspecified atom stereocenters. The molecule has 0 saturated heterocycles. The van der Waals surface area contributed by atoms with Gasteiger partial charge in [0.2, 0.25) is 0 Å². The summed E-state index contributed by atoms with van der Waals surface area (Å²) in [7, 11) is 0. The van der Waals surface area contributed by atoms with Crippen molar-refractivity contribution < 1.29 is 9.53 Å². The first kappa shape index (κ1) is 23.1. The molecule has 1 aliphatic rings. The van der Waals surface area contributed by atoms with Crippen molar-refractivity contribution in [1.82, 2.24) is 4.98 Å². The molecule has 0 saturated carbocycles. The molecule has 33 heavy (non-hydrogen) atoms. The Kier molecular flexibility index (Phi) is 6.61. The largest absolute Gasteiger partial charge is 0.440 e. The number of rotatable bonds is 8. The zero-order valence-electron chi connectivity index (χ0n) is 19.6. The van der Waals surface area contributed by atoms with Gasteiger partial charge in [0.05, 0.1) is 10.6 Å². The van der Waals surface area contributed by atoms with E-state index >= 15 is 0 Å². The van der Waals surface area contributed by atoms with Crippen molar-refractivity contribution in [3.8, 4) is 0 Å². The molecule has 6 heteroatoms. The van der Waals surface area contributed by atoms with E-state index < -0.39 is 11.6 Å². The molecule has 0 bridgehead atoms. The fourth-order valence-electron chi connectivity index (χ4n) is 4.75. The Morgan fingerprint density at radius 2 is 1.45 bits per heavy atom. The average molecular weight is 464 g/mol. The van der Waals surface area contributed by atoms with E-state index in [0.717, 1.165) is 54.2 Å². The number of aromatic nitrogens is 1. The first-order valence-electron chi connectivity index (χ1n) is 11.6. The maximum absolute atomic E-state index is 13.0. The number of carbonyl (C=O) groups is 1. The van der Waals surface area contributed by atoms with Crippen LogP contribution in [0, 0.1) is 0 Å². The highest BCUT2D eigenvalue weighted by Gasteiger charge is 2.49. The molecule has 0 fully saturated rings. The number of hydrogen-bond donors (Lipinski definition) is 0. The van der Waals surface area contributed by atoms with E-state index in [1.165, 1.54) is 0 Å². The topological polar surface area (TPSA) is 45.7 Å². The van der Waals surface area contributed by atoms with Crippen LogP contribution in [0.4, 0.5) is 11.4 Å². The van der Waals surface area contributed by atoms with Crippen LogP contribution in [0.3, 0.4) is 0 Å². The highest BCUT2D eigenvalue weighted by Crippen LogP contribution is 2.49. The van der Waals surface area contributed by atoms with Crippen LogP contribution in [0.5, 0.6) is 0 Å².